The summed E-state index contributed by atoms with van der Waals surface area (Å²) in [4.78, 5) is 11.6. The molecular weight excluding hydrogens is 238 g/mol. The van der Waals surface area contributed by atoms with Crippen molar-refractivity contribution in [1.29, 1.82) is 5.26 Å². The molecule has 1 saturated carbocycles. The number of rotatable bonds is 1. The number of nitriles is 1. The van der Waals surface area contributed by atoms with Gasteiger partial charge in [-0.15, -0.1) is 0 Å². The Kier molecular flexibility index (Phi) is 3.24. The predicted molar refractivity (Wildman–Crippen MR) is 73.2 cm³/mol. The fourth-order valence-electron chi connectivity index (χ4n) is 3.79. The lowest BCUT2D eigenvalue weighted by molar-refractivity contribution is -0.144. The minimum Gasteiger partial charge on any atom is -0.481 e. The fraction of sp³-hybridized carbons (Fsp3) is 0.750. The SMILES string of the molecule is C/C1=C/CC(C)(C)[C@@H](C#N)[C@H]2[C@@H](CC1)[C@]2(C)C(=O)O. The zero-order chi connectivity index (χ0) is 14.4. The molecule has 2 aliphatic rings. The van der Waals surface area contributed by atoms with Crippen molar-refractivity contribution in [2.45, 2.75) is 47.0 Å². The summed E-state index contributed by atoms with van der Waals surface area (Å²) >= 11 is 0. The van der Waals surface area contributed by atoms with E-state index in [-0.39, 0.29) is 23.2 Å². The van der Waals surface area contributed by atoms with Gasteiger partial charge in [0.25, 0.3) is 0 Å². The van der Waals surface area contributed by atoms with Crippen LogP contribution < -0.4 is 0 Å². The van der Waals surface area contributed by atoms with E-state index >= 15 is 0 Å². The van der Waals surface area contributed by atoms with Gasteiger partial charge >= 0.3 is 5.97 Å². The summed E-state index contributed by atoms with van der Waals surface area (Å²) in [6.07, 6.45) is 4.94. The molecule has 0 aromatic heterocycles. The summed E-state index contributed by atoms with van der Waals surface area (Å²) in [7, 11) is 0. The number of hydrogen-bond donors (Lipinski definition) is 1. The second kappa shape index (κ2) is 4.37. The fourth-order valence-corrected chi connectivity index (χ4v) is 3.79. The van der Waals surface area contributed by atoms with Crippen LogP contribution in [-0.2, 0) is 4.79 Å². The zero-order valence-electron chi connectivity index (χ0n) is 12.2. The Morgan fingerprint density at radius 1 is 1.47 bits per heavy atom. The molecule has 1 fully saturated rings. The van der Waals surface area contributed by atoms with E-state index in [9.17, 15) is 15.2 Å². The molecule has 0 saturated heterocycles. The second-order valence-corrected chi connectivity index (χ2v) is 7.11. The standard InChI is InChI=1S/C16H23NO2/c1-10-5-6-11-13(16(11,4)14(18)19)12(9-17)15(2,3)8-7-10/h7,11-13H,5-6,8H2,1-4H3,(H,18,19)/b10-7-/t11-,12+,13-,16+/m1/s1. The first-order valence-corrected chi connectivity index (χ1v) is 7.03. The van der Waals surface area contributed by atoms with Crippen LogP contribution in [0.25, 0.3) is 0 Å². The van der Waals surface area contributed by atoms with Gasteiger partial charge in [0.2, 0.25) is 0 Å². The monoisotopic (exact) mass is 261 g/mol. The third-order valence-corrected chi connectivity index (χ3v) is 5.41. The molecule has 19 heavy (non-hydrogen) atoms. The Hall–Kier alpha value is -1.30. The molecule has 0 spiro atoms. The number of carboxylic acids is 1. The van der Waals surface area contributed by atoms with Crippen LogP contribution in [0.15, 0.2) is 11.6 Å². The first-order valence-electron chi connectivity index (χ1n) is 7.03. The van der Waals surface area contributed by atoms with Gasteiger partial charge < -0.3 is 5.11 Å². The number of aliphatic carboxylic acids is 1. The highest BCUT2D eigenvalue weighted by atomic mass is 16.4. The van der Waals surface area contributed by atoms with Crippen LogP contribution in [0.1, 0.15) is 47.0 Å². The van der Waals surface area contributed by atoms with E-state index in [0.29, 0.717) is 0 Å². The van der Waals surface area contributed by atoms with E-state index in [1.807, 2.05) is 6.92 Å². The molecular formula is C16H23NO2. The molecule has 0 aromatic rings. The molecule has 1 N–H and O–H groups in total. The highest BCUT2D eigenvalue weighted by Crippen LogP contribution is 2.67. The van der Waals surface area contributed by atoms with Gasteiger partial charge in [-0.05, 0) is 50.4 Å². The summed E-state index contributed by atoms with van der Waals surface area (Å²) in [5, 5.41) is 19.1. The van der Waals surface area contributed by atoms with Gasteiger partial charge in [-0.3, -0.25) is 4.79 Å². The van der Waals surface area contributed by atoms with E-state index in [1.54, 1.807) is 0 Å². The first-order chi connectivity index (χ1) is 8.75. The average molecular weight is 261 g/mol. The van der Waals surface area contributed by atoms with Crippen LogP contribution in [-0.4, -0.2) is 11.1 Å². The quantitative estimate of drug-likeness (QED) is 0.733. The van der Waals surface area contributed by atoms with Crippen LogP contribution in [0.4, 0.5) is 0 Å². The topological polar surface area (TPSA) is 61.1 Å². The van der Waals surface area contributed by atoms with Gasteiger partial charge in [0.15, 0.2) is 0 Å². The van der Waals surface area contributed by atoms with Crippen LogP contribution in [0.2, 0.25) is 0 Å². The molecule has 4 atom stereocenters. The summed E-state index contributed by atoms with van der Waals surface area (Å²) in [6, 6.07) is 2.41. The molecule has 3 heteroatoms. The number of fused-ring (bicyclic) bond motifs is 1. The van der Waals surface area contributed by atoms with E-state index < -0.39 is 11.4 Å². The van der Waals surface area contributed by atoms with E-state index in [2.05, 4.69) is 32.9 Å². The Labute approximate surface area is 115 Å². The number of carbonyl (C=O) groups is 1. The maximum absolute atomic E-state index is 11.6. The average Bonchev–Trinajstić information content (AvgIpc) is 2.90. The van der Waals surface area contributed by atoms with Crippen molar-refractivity contribution >= 4 is 5.97 Å². The van der Waals surface area contributed by atoms with Crippen molar-refractivity contribution in [2.24, 2.45) is 28.6 Å². The smallest absolute Gasteiger partial charge is 0.309 e. The highest BCUT2D eigenvalue weighted by Gasteiger charge is 2.70. The maximum atomic E-state index is 11.6. The van der Waals surface area contributed by atoms with E-state index in [1.165, 1.54) is 5.57 Å². The minimum atomic E-state index is -0.735. The summed E-state index contributed by atoms with van der Waals surface area (Å²) in [5.74, 6) is -0.763. The first kappa shape index (κ1) is 14.1. The molecule has 0 aliphatic heterocycles. The van der Waals surface area contributed by atoms with Crippen LogP contribution in [0, 0.1) is 39.9 Å². The largest absolute Gasteiger partial charge is 0.481 e. The van der Waals surface area contributed by atoms with Crippen molar-refractivity contribution in [3.63, 3.8) is 0 Å². The minimum absolute atomic E-state index is 0.00398. The van der Waals surface area contributed by atoms with Crippen molar-refractivity contribution < 1.29 is 9.90 Å². The van der Waals surface area contributed by atoms with Crippen molar-refractivity contribution in [3.8, 4) is 6.07 Å². The Balaban J connectivity index is 2.40. The lowest BCUT2D eigenvalue weighted by atomic mass is 9.72. The highest BCUT2D eigenvalue weighted by molar-refractivity contribution is 5.79. The molecule has 0 aromatic carbocycles. The van der Waals surface area contributed by atoms with E-state index in [4.69, 9.17) is 0 Å². The van der Waals surface area contributed by atoms with Gasteiger partial charge in [0.1, 0.15) is 0 Å². The maximum Gasteiger partial charge on any atom is 0.309 e. The third-order valence-electron chi connectivity index (χ3n) is 5.41. The van der Waals surface area contributed by atoms with E-state index in [0.717, 1.165) is 19.3 Å². The number of nitrogens with zero attached hydrogens (tertiary/aromatic N) is 1. The van der Waals surface area contributed by atoms with Gasteiger partial charge in [-0.25, -0.2) is 0 Å². The zero-order valence-corrected chi connectivity index (χ0v) is 12.2. The molecule has 3 nitrogen and oxygen atoms in total. The lowest BCUT2D eigenvalue weighted by Crippen LogP contribution is -2.28. The molecule has 0 bridgehead atoms. The van der Waals surface area contributed by atoms with Gasteiger partial charge in [0.05, 0.1) is 17.4 Å². The summed E-state index contributed by atoms with van der Waals surface area (Å²) < 4.78 is 0. The van der Waals surface area contributed by atoms with Gasteiger partial charge in [-0.2, -0.15) is 5.26 Å². The third kappa shape index (κ3) is 2.08. The Morgan fingerprint density at radius 3 is 2.63 bits per heavy atom. The van der Waals surface area contributed by atoms with Crippen LogP contribution in [0.3, 0.4) is 0 Å². The van der Waals surface area contributed by atoms with Crippen LogP contribution >= 0.6 is 0 Å². The van der Waals surface area contributed by atoms with Gasteiger partial charge in [0, 0.05) is 0 Å². The number of hydrogen-bond acceptors (Lipinski definition) is 2. The van der Waals surface area contributed by atoms with Crippen molar-refractivity contribution in [2.75, 3.05) is 0 Å². The predicted octanol–water partition coefficient (Wildman–Crippen LogP) is 3.62. The second-order valence-electron chi connectivity index (χ2n) is 7.11. The number of allylic oxidation sites excluding steroid dienone is 2. The summed E-state index contributed by atoms with van der Waals surface area (Å²) in [5.41, 5.74) is 0.469. The molecule has 2 rings (SSSR count). The Bertz CT molecular complexity index is 472. The molecule has 0 heterocycles. The normalized spacial score (nSPS) is 43.5. The Morgan fingerprint density at radius 2 is 2.11 bits per heavy atom. The molecule has 0 amide bonds. The molecule has 0 unspecified atom stereocenters. The molecule has 0 radical (unpaired) electrons. The molecule has 2 aliphatic carbocycles. The molecule has 104 valence electrons. The van der Waals surface area contributed by atoms with Crippen molar-refractivity contribution in [1.82, 2.24) is 0 Å². The van der Waals surface area contributed by atoms with Gasteiger partial charge in [-0.1, -0.05) is 25.5 Å². The lowest BCUT2D eigenvalue weighted by Gasteiger charge is -2.30. The number of carboxylic acid groups (broad SMARTS) is 1. The summed E-state index contributed by atoms with van der Waals surface area (Å²) in [6.45, 7) is 8.12. The van der Waals surface area contributed by atoms with Crippen molar-refractivity contribution in [3.05, 3.63) is 11.6 Å². The van der Waals surface area contributed by atoms with Crippen LogP contribution in [0.5, 0.6) is 0 Å².